The molecule has 0 fully saturated rings. The summed E-state index contributed by atoms with van der Waals surface area (Å²) >= 11 is 0. The fourth-order valence-corrected chi connectivity index (χ4v) is 3.45. The SMILES string of the molecule is O=S(=O)(CN(c1ccccc1)S(=O)(=O)C(F)(F)F)C(F)(F)F. The summed E-state index contributed by atoms with van der Waals surface area (Å²) in [5.74, 6) is -2.41. The fraction of sp³-hybridized carbons (Fsp3) is 0.333. The second kappa shape index (κ2) is 5.61. The molecule has 0 heterocycles. The summed E-state index contributed by atoms with van der Waals surface area (Å²) in [7, 11) is -12.5. The largest absolute Gasteiger partial charge is 0.516 e. The number of para-hydroxylation sites is 1. The fourth-order valence-electron chi connectivity index (χ4n) is 1.23. The highest BCUT2D eigenvalue weighted by Crippen LogP contribution is 2.33. The molecule has 0 bridgehead atoms. The Bertz CT molecular complexity index is 724. The third-order valence-electron chi connectivity index (χ3n) is 2.27. The van der Waals surface area contributed by atoms with Crippen LogP contribution in [0.5, 0.6) is 0 Å². The molecule has 0 aromatic heterocycles. The minimum absolute atomic E-state index is 0.731. The highest BCUT2D eigenvalue weighted by Gasteiger charge is 2.54. The lowest BCUT2D eigenvalue weighted by Gasteiger charge is -2.25. The first-order chi connectivity index (χ1) is 9.70. The van der Waals surface area contributed by atoms with Gasteiger partial charge in [0.2, 0.25) is 0 Å². The number of sulfone groups is 1. The number of anilines is 1. The van der Waals surface area contributed by atoms with Crippen LogP contribution in [0, 0.1) is 0 Å². The van der Waals surface area contributed by atoms with E-state index in [-0.39, 0.29) is 0 Å². The zero-order chi connectivity index (χ0) is 17.4. The molecule has 0 aliphatic rings. The minimum Gasteiger partial charge on any atom is -0.247 e. The number of hydrogen-bond acceptors (Lipinski definition) is 4. The lowest BCUT2D eigenvalue weighted by Crippen LogP contribution is -2.46. The van der Waals surface area contributed by atoms with Crippen LogP contribution in [0.1, 0.15) is 0 Å². The van der Waals surface area contributed by atoms with Crippen LogP contribution in [-0.4, -0.2) is 33.7 Å². The van der Waals surface area contributed by atoms with Crippen molar-refractivity contribution in [3.8, 4) is 0 Å². The molecule has 0 unspecified atom stereocenters. The van der Waals surface area contributed by atoms with Gasteiger partial charge in [0.05, 0.1) is 5.69 Å². The van der Waals surface area contributed by atoms with Gasteiger partial charge < -0.3 is 0 Å². The first-order valence-electron chi connectivity index (χ1n) is 5.13. The first kappa shape index (κ1) is 18.5. The number of alkyl halides is 6. The Morgan fingerprint density at radius 1 is 0.818 bits per heavy atom. The lowest BCUT2D eigenvalue weighted by atomic mass is 10.3. The predicted octanol–water partition coefficient (Wildman–Crippen LogP) is 2.23. The van der Waals surface area contributed by atoms with Crippen LogP contribution in [0.15, 0.2) is 30.3 Å². The second-order valence-corrected chi connectivity index (χ2v) is 7.63. The van der Waals surface area contributed by atoms with Gasteiger partial charge in [0, 0.05) is 0 Å². The van der Waals surface area contributed by atoms with Crippen molar-refractivity contribution < 1.29 is 43.2 Å². The van der Waals surface area contributed by atoms with Crippen molar-refractivity contribution in [2.45, 2.75) is 11.0 Å². The Morgan fingerprint density at radius 3 is 1.64 bits per heavy atom. The van der Waals surface area contributed by atoms with E-state index in [0.29, 0.717) is 0 Å². The van der Waals surface area contributed by atoms with Crippen LogP contribution in [0.25, 0.3) is 0 Å². The lowest BCUT2D eigenvalue weighted by molar-refractivity contribution is -0.0456. The third kappa shape index (κ3) is 3.63. The van der Waals surface area contributed by atoms with Gasteiger partial charge in [0.1, 0.15) is 5.88 Å². The van der Waals surface area contributed by atoms with E-state index in [9.17, 15) is 43.2 Å². The van der Waals surface area contributed by atoms with E-state index in [0.717, 1.165) is 24.3 Å². The summed E-state index contributed by atoms with van der Waals surface area (Å²) in [6.45, 7) is 0. The van der Waals surface area contributed by atoms with Crippen molar-refractivity contribution in [3.63, 3.8) is 0 Å². The van der Waals surface area contributed by atoms with E-state index in [1.807, 2.05) is 0 Å². The van der Waals surface area contributed by atoms with Gasteiger partial charge in [-0.25, -0.2) is 12.7 Å². The van der Waals surface area contributed by atoms with Crippen molar-refractivity contribution in [3.05, 3.63) is 30.3 Å². The van der Waals surface area contributed by atoms with Gasteiger partial charge in [-0.3, -0.25) is 0 Å². The Labute approximate surface area is 121 Å². The third-order valence-corrected chi connectivity index (χ3v) is 5.24. The summed E-state index contributed by atoms with van der Waals surface area (Å²) in [5, 5.41) is 0. The smallest absolute Gasteiger partial charge is 0.247 e. The van der Waals surface area contributed by atoms with Crippen molar-refractivity contribution in [1.82, 2.24) is 0 Å². The average Bonchev–Trinajstić information content (AvgIpc) is 2.34. The van der Waals surface area contributed by atoms with Gasteiger partial charge in [-0.1, -0.05) is 18.2 Å². The molecule has 22 heavy (non-hydrogen) atoms. The van der Waals surface area contributed by atoms with Gasteiger partial charge in [-0.2, -0.15) is 34.8 Å². The van der Waals surface area contributed by atoms with Crippen LogP contribution in [0.2, 0.25) is 0 Å². The Kier molecular flexibility index (Phi) is 4.73. The number of rotatable bonds is 4. The maximum Gasteiger partial charge on any atom is 0.516 e. The summed E-state index contributed by atoms with van der Waals surface area (Å²) < 4.78 is 118. The molecular weight excluding hydrogens is 364 g/mol. The molecule has 126 valence electrons. The van der Waals surface area contributed by atoms with E-state index in [1.165, 1.54) is 6.07 Å². The second-order valence-electron chi connectivity index (χ2n) is 3.82. The summed E-state index contributed by atoms with van der Waals surface area (Å²) in [4.78, 5) is 0. The Morgan fingerprint density at radius 2 is 1.27 bits per heavy atom. The monoisotopic (exact) mass is 371 g/mol. The highest BCUT2D eigenvalue weighted by atomic mass is 32.2. The number of halogens is 6. The summed E-state index contributed by atoms with van der Waals surface area (Å²) in [6, 6.07) is 4.79. The minimum atomic E-state index is -6.33. The number of benzene rings is 1. The number of sulfonamides is 1. The van der Waals surface area contributed by atoms with Crippen molar-refractivity contribution >= 4 is 25.5 Å². The number of hydrogen-bond donors (Lipinski definition) is 0. The molecular formula is C9H7F6NO4S2. The van der Waals surface area contributed by atoms with Crippen LogP contribution < -0.4 is 4.31 Å². The zero-order valence-corrected chi connectivity index (χ0v) is 11.9. The molecule has 0 saturated heterocycles. The maximum atomic E-state index is 12.5. The van der Waals surface area contributed by atoms with Crippen molar-refractivity contribution in [1.29, 1.82) is 0 Å². The predicted molar refractivity (Wildman–Crippen MR) is 63.7 cm³/mol. The van der Waals surface area contributed by atoms with Crippen LogP contribution in [-0.2, 0) is 19.9 Å². The summed E-state index contributed by atoms with van der Waals surface area (Å²) in [6.07, 6.45) is 0. The van der Waals surface area contributed by atoms with Gasteiger partial charge in [0.15, 0.2) is 0 Å². The van der Waals surface area contributed by atoms with Crippen LogP contribution in [0.3, 0.4) is 0 Å². The summed E-state index contributed by atoms with van der Waals surface area (Å²) in [5.41, 5.74) is -12.7. The molecule has 0 saturated carbocycles. The van der Waals surface area contributed by atoms with E-state index < -0.39 is 46.7 Å². The van der Waals surface area contributed by atoms with Crippen LogP contribution >= 0.6 is 0 Å². The molecule has 13 heteroatoms. The quantitative estimate of drug-likeness (QED) is 0.761. The molecule has 1 rings (SSSR count). The maximum absolute atomic E-state index is 12.5. The molecule has 0 aliphatic carbocycles. The van der Waals surface area contributed by atoms with E-state index in [2.05, 4.69) is 0 Å². The van der Waals surface area contributed by atoms with E-state index in [4.69, 9.17) is 0 Å². The first-order valence-corrected chi connectivity index (χ1v) is 8.22. The normalized spacial score (nSPS) is 13.9. The highest BCUT2D eigenvalue weighted by molar-refractivity contribution is 7.96. The van der Waals surface area contributed by atoms with E-state index in [1.54, 1.807) is 0 Å². The molecule has 1 aromatic rings. The standard InChI is InChI=1S/C9H7F6NO4S2/c10-8(11,12)21(17,18)6-16(7-4-2-1-3-5-7)22(19,20)9(13,14)15/h1-5H,6H2. The topological polar surface area (TPSA) is 71.5 Å². The average molecular weight is 371 g/mol. The van der Waals surface area contributed by atoms with Crippen LogP contribution in [0.4, 0.5) is 32.0 Å². The number of nitrogens with zero attached hydrogens (tertiary/aromatic N) is 1. The van der Waals surface area contributed by atoms with E-state index >= 15 is 0 Å². The molecule has 0 radical (unpaired) electrons. The van der Waals surface area contributed by atoms with Gasteiger partial charge >= 0.3 is 21.0 Å². The van der Waals surface area contributed by atoms with Crippen molar-refractivity contribution in [2.75, 3.05) is 10.2 Å². The van der Waals surface area contributed by atoms with Gasteiger partial charge in [-0.15, -0.1) is 0 Å². The van der Waals surface area contributed by atoms with Crippen molar-refractivity contribution in [2.24, 2.45) is 0 Å². The Balaban J connectivity index is 3.46. The molecule has 1 aromatic carbocycles. The van der Waals surface area contributed by atoms with Gasteiger partial charge in [0.25, 0.3) is 9.84 Å². The molecule has 0 N–H and O–H groups in total. The van der Waals surface area contributed by atoms with Gasteiger partial charge in [-0.05, 0) is 12.1 Å². The zero-order valence-electron chi connectivity index (χ0n) is 10.3. The molecule has 5 nitrogen and oxygen atoms in total. The molecule has 0 aliphatic heterocycles. The molecule has 0 amide bonds. The molecule has 0 atom stereocenters. The Hall–Kier alpha value is -1.50. The molecule has 0 spiro atoms.